The van der Waals surface area contributed by atoms with Crippen LogP contribution in [0.2, 0.25) is 0 Å². The Morgan fingerprint density at radius 1 is 0.882 bits per heavy atom. The summed E-state index contributed by atoms with van der Waals surface area (Å²) in [7, 11) is 2.22. The average Bonchev–Trinajstić information content (AvgIpc) is 2.88. The summed E-state index contributed by atoms with van der Waals surface area (Å²) in [5, 5.41) is 4.27. The second kappa shape index (κ2) is 11.1. The lowest BCUT2D eigenvalue weighted by Gasteiger charge is -2.34. The molecule has 0 unspecified atom stereocenters. The van der Waals surface area contributed by atoms with Crippen LogP contribution >= 0.6 is 7.37 Å². The molecule has 1 fully saturated rings. The van der Waals surface area contributed by atoms with E-state index in [9.17, 15) is 0 Å². The highest BCUT2D eigenvalue weighted by Crippen LogP contribution is 2.61. The summed E-state index contributed by atoms with van der Waals surface area (Å²) < 4.78 is 27.6. The Kier molecular flexibility index (Phi) is 7.97. The lowest BCUT2D eigenvalue weighted by molar-refractivity contribution is 0.159. The first kappa shape index (κ1) is 24.4. The summed E-state index contributed by atoms with van der Waals surface area (Å²) in [6.07, 6.45) is 5.27. The van der Waals surface area contributed by atoms with E-state index in [1.807, 2.05) is 97.9 Å². The Morgan fingerprint density at radius 2 is 1.53 bits per heavy atom. The molecule has 0 spiro atoms. The molecule has 1 saturated carbocycles. The highest BCUT2D eigenvalue weighted by atomic mass is 31.2. The molecule has 1 aliphatic carbocycles. The molecule has 0 aromatic heterocycles. The predicted octanol–water partition coefficient (Wildman–Crippen LogP) is 6.82. The molecule has 1 N–H and O–H groups in total. The number of methoxy groups -OCH3 is 1. The van der Waals surface area contributed by atoms with Crippen LogP contribution in [0.4, 0.5) is 11.4 Å². The Morgan fingerprint density at radius 3 is 2.18 bits per heavy atom. The van der Waals surface area contributed by atoms with E-state index >= 15 is 4.57 Å². The van der Waals surface area contributed by atoms with Crippen molar-refractivity contribution in [2.45, 2.75) is 44.0 Å². The fraction of sp³-hybridized carbons (Fsp3) is 0.357. The first-order chi connectivity index (χ1) is 16.5. The van der Waals surface area contributed by atoms with Crippen LogP contribution in [0.3, 0.4) is 0 Å². The minimum absolute atomic E-state index is 0.0251. The minimum Gasteiger partial charge on any atom is -0.496 e. The highest BCUT2D eigenvalue weighted by Gasteiger charge is 2.41. The van der Waals surface area contributed by atoms with Gasteiger partial charge < -0.3 is 19.5 Å². The molecule has 4 rings (SSSR count). The van der Waals surface area contributed by atoms with Crippen LogP contribution < -0.4 is 20.3 Å². The van der Waals surface area contributed by atoms with Crippen molar-refractivity contribution in [3.63, 3.8) is 0 Å². The molecule has 0 amide bonds. The molecule has 1 aliphatic rings. The van der Waals surface area contributed by atoms with Gasteiger partial charge in [-0.1, -0.05) is 55.7 Å². The van der Waals surface area contributed by atoms with E-state index in [0.717, 1.165) is 42.6 Å². The molecule has 34 heavy (non-hydrogen) atoms. The van der Waals surface area contributed by atoms with Gasteiger partial charge >= 0.3 is 0 Å². The molecule has 2 atom stereocenters. The second-order valence-corrected chi connectivity index (χ2v) is 11.5. The maximum atomic E-state index is 15.2. The molecular weight excluding hydrogens is 443 g/mol. The Hall–Kier alpha value is -2.75. The number of rotatable bonds is 9. The molecule has 5 nitrogen and oxygen atoms in total. The van der Waals surface area contributed by atoms with E-state index in [-0.39, 0.29) is 6.10 Å². The van der Waals surface area contributed by atoms with Crippen molar-refractivity contribution in [1.29, 1.82) is 0 Å². The van der Waals surface area contributed by atoms with Gasteiger partial charge in [-0.05, 0) is 55.3 Å². The van der Waals surface area contributed by atoms with Crippen molar-refractivity contribution >= 4 is 24.0 Å². The molecule has 0 bridgehead atoms. The number of hydrogen-bond acceptors (Lipinski definition) is 5. The standard InChI is InChI=1S/C28H35N2O3P/c1-30(2)23-18-20-25(21-19-23)34(31,33-24-14-8-5-9-15-24)28(29-22-12-6-4-7-13-22)26-16-10-11-17-27(26)32-3/h4,6-7,10-13,16-21,24,28-29H,5,8-9,14-15H2,1-3H3/t28-,34-/m1/s1. The third-order valence-electron chi connectivity index (χ3n) is 6.43. The summed E-state index contributed by atoms with van der Waals surface area (Å²) in [5.41, 5.74) is 2.76. The van der Waals surface area contributed by atoms with E-state index in [1.165, 1.54) is 6.42 Å². The largest absolute Gasteiger partial charge is 0.496 e. The van der Waals surface area contributed by atoms with E-state index in [0.29, 0.717) is 11.1 Å². The fourth-order valence-electron chi connectivity index (χ4n) is 4.55. The zero-order chi connectivity index (χ0) is 24.0. The van der Waals surface area contributed by atoms with Crippen molar-refractivity contribution in [2.75, 3.05) is 31.4 Å². The smallest absolute Gasteiger partial charge is 0.258 e. The van der Waals surface area contributed by atoms with E-state index in [4.69, 9.17) is 9.26 Å². The van der Waals surface area contributed by atoms with Crippen molar-refractivity contribution in [3.8, 4) is 5.75 Å². The molecule has 0 radical (unpaired) electrons. The topological polar surface area (TPSA) is 50.8 Å². The van der Waals surface area contributed by atoms with Gasteiger partial charge in [0.2, 0.25) is 0 Å². The summed E-state index contributed by atoms with van der Waals surface area (Å²) in [6.45, 7) is 0. The number of ether oxygens (including phenoxy) is 1. The Balaban J connectivity index is 1.84. The van der Waals surface area contributed by atoms with Gasteiger partial charge in [0.25, 0.3) is 7.37 Å². The molecule has 0 aliphatic heterocycles. The first-order valence-electron chi connectivity index (χ1n) is 12.0. The van der Waals surface area contributed by atoms with Crippen LogP contribution in [-0.2, 0) is 9.09 Å². The van der Waals surface area contributed by atoms with E-state index in [1.54, 1.807) is 7.11 Å². The predicted molar refractivity (Wildman–Crippen MR) is 142 cm³/mol. The summed E-state index contributed by atoms with van der Waals surface area (Å²) >= 11 is 0. The summed E-state index contributed by atoms with van der Waals surface area (Å²) in [5.74, 6) is 0.0893. The summed E-state index contributed by atoms with van der Waals surface area (Å²) in [4.78, 5) is 2.04. The molecule has 6 heteroatoms. The second-order valence-electron chi connectivity index (χ2n) is 9.03. The minimum atomic E-state index is -3.44. The van der Waals surface area contributed by atoms with Crippen LogP contribution in [-0.4, -0.2) is 27.3 Å². The quantitative estimate of drug-likeness (QED) is 0.342. The maximum Gasteiger partial charge on any atom is 0.258 e. The van der Waals surface area contributed by atoms with E-state index < -0.39 is 13.2 Å². The van der Waals surface area contributed by atoms with Gasteiger partial charge in [-0.2, -0.15) is 0 Å². The van der Waals surface area contributed by atoms with E-state index in [2.05, 4.69) is 5.32 Å². The van der Waals surface area contributed by atoms with Gasteiger partial charge in [-0.25, -0.2) is 0 Å². The third kappa shape index (κ3) is 5.48. The first-order valence-corrected chi connectivity index (χ1v) is 13.7. The molecular formula is C28H35N2O3P. The van der Waals surface area contributed by atoms with Gasteiger partial charge in [0, 0.05) is 36.3 Å². The number of para-hydroxylation sites is 2. The van der Waals surface area contributed by atoms with Crippen LogP contribution in [0.1, 0.15) is 43.5 Å². The normalized spacial score (nSPS) is 16.9. The van der Waals surface area contributed by atoms with Crippen molar-refractivity contribution < 1.29 is 13.8 Å². The SMILES string of the molecule is COc1ccccc1[C@H](Nc1ccccc1)[P@](=O)(OC1CCCCC1)c1ccc(N(C)C)cc1. The molecule has 180 valence electrons. The Bertz CT molecular complexity index is 1100. The Labute approximate surface area is 203 Å². The van der Waals surface area contributed by atoms with Crippen molar-refractivity contribution in [3.05, 3.63) is 84.4 Å². The number of benzene rings is 3. The summed E-state index contributed by atoms with van der Waals surface area (Å²) in [6, 6.07) is 25.6. The molecule has 3 aromatic rings. The third-order valence-corrected chi connectivity index (χ3v) is 9.15. The van der Waals surface area contributed by atoms with Gasteiger partial charge in [0.05, 0.1) is 13.2 Å². The zero-order valence-electron chi connectivity index (χ0n) is 20.3. The highest BCUT2D eigenvalue weighted by molar-refractivity contribution is 7.67. The fourth-order valence-corrected chi connectivity index (χ4v) is 7.21. The molecule has 3 aromatic carbocycles. The van der Waals surface area contributed by atoms with Crippen molar-refractivity contribution in [2.24, 2.45) is 0 Å². The van der Waals surface area contributed by atoms with Crippen LogP contribution in [0.5, 0.6) is 5.75 Å². The lowest BCUT2D eigenvalue weighted by atomic mass is 9.98. The van der Waals surface area contributed by atoms with Crippen molar-refractivity contribution in [1.82, 2.24) is 0 Å². The number of anilines is 2. The van der Waals surface area contributed by atoms with Crippen LogP contribution in [0.25, 0.3) is 0 Å². The van der Waals surface area contributed by atoms with Gasteiger partial charge in [-0.15, -0.1) is 0 Å². The van der Waals surface area contributed by atoms with Crippen LogP contribution in [0, 0.1) is 0 Å². The van der Waals surface area contributed by atoms with Gasteiger partial charge in [0.1, 0.15) is 11.5 Å². The maximum absolute atomic E-state index is 15.2. The molecule has 0 saturated heterocycles. The molecule has 0 heterocycles. The number of nitrogens with zero attached hydrogens (tertiary/aromatic N) is 1. The lowest BCUT2D eigenvalue weighted by Crippen LogP contribution is -2.26. The van der Waals surface area contributed by atoms with Gasteiger partial charge in [0.15, 0.2) is 0 Å². The average molecular weight is 479 g/mol. The number of nitrogens with one attached hydrogen (secondary N) is 1. The monoisotopic (exact) mass is 478 g/mol. The number of hydrogen-bond donors (Lipinski definition) is 1. The van der Waals surface area contributed by atoms with Gasteiger partial charge in [-0.3, -0.25) is 4.57 Å². The van der Waals surface area contributed by atoms with Crippen LogP contribution in [0.15, 0.2) is 78.9 Å². The zero-order valence-corrected chi connectivity index (χ0v) is 21.2.